The first-order valence-corrected chi connectivity index (χ1v) is 12.6. The molecule has 1 aromatic carbocycles. The highest BCUT2D eigenvalue weighted by Gasteiger charge is 2.30. The standard InChI is InChI=1S/C21H19F3N6O3S3/c1-30(10-26-25)11-35-16-7-6-15(36-14-4-2-12(3-5-14)21(22,23)24)18(28-16)19(33)29-20-27-13(9-34-20)8-17(31)32/h2-7,9-10H,8,11,25H2,1H3,(H,31,32)(H,27,29,33). The summed E-state index contributed by atoms with van der Waals surface area (Å²) in [6, 6.07) is 7.91. The number of hydrogen-bond acceptors (Lipinski definition) is 9. The number of anilines is 1. The molecule has 2 aromatic heterocycles. The average molecular weight is 557 g/mol. The molecule has 1 amide bonds. The summed E-state index contributed by atoms with van der Waals surface area (Å²) in [5.74, 6) is 3.92. The van der Waals surface area contributed by atoms with Gasteiger partial charge in [-0.15, -0.1) is 11.3 Å². The molecular formula is C21H19F3N6O3S3. The van der Waals surface area contributed by atoms with Crippen LogP contribution in [0.4, 0.5) is 18.3 Å². The van der Waals surface area contributed by atoms with E-state index in [0.29, 0.717) is 26.4 Å². The molecule has 0 radical (unpaired) electrons. The van der Waals surface area contributed by atoms with Crippen molar-refractivity contribution in [1.82, 2.24) is 14.9 Å². The molecule has 0 aliphatic heterocycles. The Balaban J connectivity index is 1.86. The van der Waals surface area contributed by atoms with Crippen LogP contribution in [-0.2, 0) is 17.4 Å². The molecule has 0 unspecified atom stereocenters. The van der Waals surface area contributed by atoms with E-state index in [1.165, 1.54) is 35.6 Å². The van der Waals surface area contributed by atoms with Crippen molar-refractivity contribution in [3.63, 3.8) is 0 Å². The summed E-state index contributed by atoms with van der Waals surface area (Å²) in [7, 11) is 1.75. The van der Waals surface area contributed by atoms with Gasteiger partial charge in [-0.2, -0.15) is 18.3 Å². The predicted molar refractivity (Wildman–Crippen MR) is 132 cm³/mol. The van der Waals surface area contributed by atoms with Gasteiger partial charge in [-0.05, 0) is 36.4 Å². The first-order valence-electron chi connectivity index (χ1n) is 9.95. The van der Waals surface area contributed by atoms with Crippen molar-refractivity contribution in [3.8, 4) is 0 Å². The number of rotatable bonds is 10. The third-order valence-corrected chi connectivity index (χ3v) is 7.16. The average Bonchev–Trinajstić information content (AvgIpc) is 3.24. The van der Waals surface area contributed by atoms with E-state index in [1.807, 2.05) is 0 Å². The fourth-order valence-corrected chi connectivity index (χ4v) is 4.99. The van der Waals surface area contributed by atoms with Gasteiger partial charge in [0, 0.05) is 22.2 Å². The number of hydrogen-bond donors (Lipinski definition) is 3. The molecule has 0 saturated heterocycles. The van der Waals surface area contributed by atoms with Gasteiger partial charge in [-0.3, -0.25) is 14.9 Å². The summed E-state index contributed by atoms with van der Waals surface area (Å²) in [5, 5.41) is 17.2. The van der Waals surface area contributed by atoms with Crippen LogP contribution in [0.5, 0.6) is 0 Å². The number of amides is 1. The number of nitrogens with two attached hydrogens (primary N) is 1. The molecule has 190 valence electrons. The van der Waals surface area contributed by atoms with Gasteiger partial charge in [0.2, 0.25) is 0 Å². The van der Waals surface area contributed by atoms with Crippen molar-refractivity contribution in [3.05, 3.63) is 58.7 Å². The van der Waals surface area contributed by atoms with Crippen LogP contribution in [0.1, 0.15) is 21.7 Å². The quantitative estimate of drug-likeness (QED) is 0.0826. The van der Waals surface area contributed by atoms with Gasteiger partial charge in [0.1, 0.15) is 12.0 Å². The van der Waals surface area contributed by atoms with E-state index in [1.54, 1.807) is 24.1 Å². The highest BCUT2D eigenvalue weighted by atomic mass is 32.2. The zero-order valence-electron chi connectivity index (χ0n) is 18.5. The Morgan fingerprint density at radius 2 is 1.94 bits per heavy atom. The van der Waals surface area contributed by atoms with Crippen molar-refractivity contribution in [2.45, 2.75) is 27.4 Å². The van der Waals surface area contributed by atoms with Crippen LogP contribution in [0.25, 0.3) is 0 Å². The molecule has 2 heterocycles. The number of aromatic nitrogens is 2. The van der Waals surface area contributed by atoms with Crippen molar-refractivity contribution in [2.75, 3.05) is 18.2 Å². The van der Waals surface area contributed by atoms with Crippen LogP contribution in [-0.4, -0.2) is 51.1 Å². The molecule has 0 aliphatic rings. The molecule has 0 atom stereocenters. The number of carboxylic acid groups (broad SMARTS) is 1. The molecule has 36 heavy (non-hydrogen) atoms. The minimum Gasteiger partial charge on any atom is -0.481 e. The van der Waals surface area contributed by atoms with Crippen molar-refractivity contribution in [1.29, 1.82) is 0 Å². The van der Waals surface area contributed by atoms with Crippen molar-refractivity contribution in [2.24, 2.45) is 10.9 Å². The van der Waals surface area contributed by atoms with E-state index in [0.717, 1.165) is 35.2 Å². The molecule has 0 fully saturated rings. The van der Waals surface area contributed by atoms with Crippen molar-refractivity contribution < 1.29 is 27.9 Å². The number of pyridine rings is 1. The monoisotopic (exact) mass is 556 g/mol. The van der Waals surface area contributed by atoms with E-state index in [-0.39, 0.29) is 17.2 Å². The predicted octanol–water partition coefficient (Wildman–Crippen LogP) is 4.47. The Morgan fingerprint density at radius 3 is 2.58 bits per heavy atom. The van der Waals surface area contributed by atoms with Crippen molar-refractivity contribution >= 4 is 58.2 Å². The molecule has 0 aliphatic carbocycles. The lowest BCUT2D eigenvalue weighted by molar-refractivity contribution is -0.138. The molecule has 0 spiro atoms. The molecule has 0 saturated carbocycles. The lowest BCUT2D eigenvalue weighted by Crippen LogP contribution is -2.17. The van der Waals surface area contributed by atoms with E-state index in [2.05, 4.69) is 20.4 Å². The minimum atomic E-state index is -4.45. The Hall–Kier alpha value is -3.30. The normalized spacial score (nSPS) is 11.6. The molecule has 3 rings (SSSR count). The van der Waals surface area contributed by atoms with Gasteiger partial charge in [0.25, 0.3) is 5.91 Å². The number of nitrogens with one attached hydrogen (secondary N) is 1. The summed E-state index contributed by atoms with van der Waals surface area (Å²) in [5.41, 5.74) is -0.445. The molecule has 15 heteroatoms. The maximum Gasteiger partial charge on any atom is 0.416 e. The van der Waals surface area contributed by atoms with Gasteiger partial charge in [0.15, 0.2) is 5.13 Å². The number of aliphatic carboxylic acids is 1. The second-order valence-corrected chi connectivity index (χ2v) is 10.0. The number of alkyl halides is 3. The molecule has 9 nitrogen and oxygen atoms in total. The number of thioether (sulfide) groups is 1. The van der Waals surface area contributed by atoms with Gasteiger partial charge in [-0.25, -0.2) is 9.97 Å². The van der Waals surface area contributed by atoms with Crippen LogP contribution in [0.2, 0.25) is 0 Å². The van der Waals surface area contributed by atoms with E-state index in [9.17, 15) is 22.8 Å². The summed E-state index contributed by atoms with van der Waals surface area (Å²) in [6.45, 7) is 0. The fourth-order valence-electron chi connectivity index (χ4n) is 2.66. The first kappa shape index (κ1) is 27.3. The van der Waals surface area contributed by atoms with Crippen LogP contribution in [0.3, 0.4) is 0 Å². The second-order valence-electron chi connectivity index (χ2n) is 7.08. The number of thiazole rings is 1. The lowest BCUT2D eigenvalue weighted by Gasteiger charge is -2.13. The van der Waals surface area contributed by atoms with Crippen LogP contribution in [0.15, 0.2) is 61.7 Å². The largest absolute Gasteiger partial charge is 0.481 e. The smallest absolute Gasteiger partial charge is 0.416 e. The number of carboxylic acids is 1. The molecule has 3 aromatic rings. The third-order valence-electron chi connectivity index (χ3n) is 4.24. The Morgan fingerprint density at radius 1 is 1.22 bits per heavy atom. The third kappa shape index (κ3) is 7.86. The van der Waals surface area contributed by atoms with Crippen LogP contribution >= 0.6 is 34.9 Å². The maximum absolute atomic E-state index is 13.1. The molecule has 0 bridgehead atoms. The van der Waals surface area contributed by atoms with Gasteiger partial charge < -0.3 is 15.8 Å². The van der Waals surface area contributed by atoms with Crippen LogP contribution in [0, 0.1) is 0 Å². The lowest BCUT2D eigenvalue weighted by atomic mass is 10.2. The van der Waals surface area contributed by atoms with Crippen LogP contribution < -0.4 is 11.2 Å². The van der Waals surface area contributed by atoms with Gasteiger partial charge in [-0.1, -0.05) is 23.5 Å². The summed E-state index contributed by atoms with van der Waals surface area (Å²) >= 11 is 3.46. The number of carbonyl (C=O) groups is 2. The molecule has 4 N–H and O–H groups in total. The number of halogens is 3. The Kier molecular flexibility index (Phi) is 9.17. The highest BCUT2D eigenvalue weighted by molar-refractivity contribution is 7.99. The van der Waals surface area contributed by atoms with E-state index in [4.69, 9.17) is 10.9 Å². The second kappa shape index (κ2) is 12.1. The number of benzene rings is 1. The summed E-state index contributed by atoms with van der Waals surface area (Å²) < 4.78 is 38.7. The zero-order valence-corrected chi connectivity index (χ0v) is 21.0. The minimum absolute atomic E-state index is 0.0371. The van der Waals surface area contributed by atoms with E-state index >= 15 is 0 Å². The highest BCUT2D eigenvalue weighted by Crippen LogP contribution is 2.35. The summed E-state index contributed by atoms with van der Waals surface area (Å²) in [6.07, 6.45) is -3.32. The summed E-state index contributed by atoms with van der Waals surface area (Å²) in [4.78, 5) is 35.1. The van der Waals surface area contributed by atoms with E-state index < -0.39 is 23.6 Å². The van der Waals surface area contributed by atoms with Gasteiger partial charge in [0.05, 0.1) is 28.6 Å². The Bertz CT molecular complexity index is 1250. The SMILES string of the molecule is CN(C=NN)CSc1ccc(Sc2ccc(C(F)(F)F)cc2)c(C(=O)Nc2nc(CC(=O)O)cs2)n1. The number of hydrazone groups is 1. The zero-order chi connectivity index (χ0) is 26.3. The topological polar surface area (TPSA) is 134 Å². The van der Waals surface area contributed by atoms with Gasteiger partial charge >= 0.3 is 12.1 Å². The number of nitrogens with zero attached hydrogens (tertiary/aromatic N) is 4. The Labute approximate surface area is 216 Å². The fraction of sp³-hybridized carbons (Fsp3) is 0.190. The first-order chi connectivity index (χ1) is 17.0. The number of carbonyl (C=O) groups excluding carboxylic acids is 1. The molecular weight excluding hydrogens is 537 g/mol. The maximum atomic E-state index is 13.1.